The van der Waals surface area contributed by atoms with Crippen molar-refractivity contribution in [3.8, 4) is 0 Å². The largest absolute Gasteiger partial charge is 0.368 e. The maximum absolute atomic E-state index is 12.3. The molecule has 4 fully saturated rings. The normalized spacial score (nSPS) is 29.7. The van der Waals surface area contributed by atoms with Gasteiger partial charge < -0.3 is 4.74 Å². The Morgan fingerprint density at radius 3 is 2.35 bits per heavy atom. The molecule has 0 spiro atoms. The van der Waals surface area contributed by atoms with E-state index in [2.05, 4.69) is 29.0 Å². The van der Waals surface area contributed by atoms with Crippen LogP contribution in [0.15, 0.2) is 48.5 Å². The number of rotatable bonds is 7. The SMILES string of the molecule is CSNC(=O)c1ccc(C(OCc2ccccc2)C2C3CC4CC(C3)CC2C4)c(Cl)c1. The number of ether oxygens (including phenoxy) is 1. The first-order chi connectivity index (χ1) is 15.1. The lowest BCUT2D eigenvalue weighted by atomic mass is 9.50. The van der Waals surface area contributed by atoms with Crippen LogP contribution in [0, 0.1) is 29.6 Å². The second kappa shape index (κ2) is 9.17. The third kappa shape index (κ3) is 4.40. The van der Waals surface area contributed by atoms with Gasteiger partial charge in [-0.3, -0.25) is 9.52 Å². The molecule has 1 N–H and O–H groups in total. The summed E-state index contributed by atoms with van der Waals surface area (Å²) in [6.45, 7) is 0.583. The molecule has 0 aliphatic heterocycles. The smallest absolute Gasteiger partial charge is 0.261 e. The molecule has 1 amide bonds. The van der Waals surface area contributed by atoms with Crippen molar-refractivity contribution in [3.05, 3.63) is 70.2 Å². The van der Waals surface area contributed by atoms with Gasteiger partial charge in [-0.1, -0.05) is 59.9 Å². The van der Waals surface area contributed by atoms with E-state index in [9.17, 15) is 4.79 Å². The molecule has 4 bridgehead atoms. The Kier molecular flexibility index (Phi) is 6.32. The van der Waals surface area contributed by atoms with E-state index in [1.54, 1.807) is 6.07 Å². The van der Waals surface area contributed by atoms with E-state index < -0.39 is 0 Å². The first-order valence-corrected chi connectivity index (χ1v) is 13.0. The van der Waals surface area contributed by atoms with Crippen molar-refractivity contribution in [2.24, 2.45) is 29.6 Å². The summed E-state index contributed by atoms with van der Waals surface area (Å²) in [7, 11) is 0. The van der Waals surface area contributed by atoms with Crippen LogP contribution in [-0.4, -0.2) is 12.2 Å². The number of carbonyl (C=O) groups is 1. The molecule has 2 aromatic rings. The van der Waals surface area contributed by atoms with Crippen molar-refractivity contribution in [2.75, 3.05) is 6.26 Å². The molecule has 4 aliphatic rings. The van der Waals surface area contributed by atoms with Crippen molar-refractivity contribution in [1.82, 2.24) is 4.72 Å². The standard InChI is InChI=1S/C26H30ClNO2S/c1-31-28-26(29)19-7-8-22(23(27)14-19)25(30-15-16-5-3-2-4-6-16)24-20-10-17-9-18(12-20)13-21(24)11-17/h2-8,14,17-18,20-21,24-25H,9-13,15H2,1H3,(H,28,29). The molecule has 2 aromatic carbocycles. The maximum atomic E-state index is 12.3. The molecule has 0 saturated heterocycles. The second-order valence-electron chi connectivity index (χ2n) is 9.60. The van der Waals surface area contributed by atoms with Gasteiger partial charge in [-0.25, -0.2) is 0 Å². The molecule has 0 heterocycles. The summed E-state index contributed by atoms with van der Waals surface area (Å²) in [5, 5.41) is 0.639. The van der Waals surface area contributed by atoms with Crippen molar-refractivity contribution >= 4 is 29.5 Å². The van der Waals surface area contributed by atoms with E-state index in [4.69, 9.17) is 16.3 Å². The summed E-state index contributed by atoms with van der Waals surface area (Å²) in [6, 6.07) is 16.1. The summed E-state index contributed by atoms with van der Waals surface area (Å²) in [4.78, 5) is 12.3. The molecule has 3 nitrogen and oxygen atoms in total. The Hall–Kier alpha value is -1.49. The summed E-state index contributed by atoms with van der Waals surface area (Å²) < 4.78 is 9.46. The molecule has 0 aromatic heterocycles. The van der Waals surface area contributed by atoms with Crippen LogP contribution in [0.5, 0.6) is 0 Å². The van der Waals surface area contributed by atoms with Gasteiger partial charge in [0, 0.05) is 16.8 Å². The Morgan fingerprint density at radius 2 is 1.74 bits per heavy atom. The zero-order valence-corrected chi connectivity index (χ0v) is 19.5. The van der Waals surface area contributed by atoms with Gasteiger partial charge in [-0.2, -0.15) is 0 Å². The van der Waals surface area contributed by atoms with E-state index >= 15 is 0 Å². The number of nitrogens with one attached hydrogen (secondary N) is 1. The van der Waals surface area contributed by atoms with Crippen molar-refractivity contribution < 1.29 is 9.53 Å². The van der Waals surface area contributed by atoms with Gasteiger partial charge in [0.05, 0.1) is 12.7 Å². The molecular formula is C26H30ClNO2S. The molecule has 1 atom stereocenters. The highest BCUT2D eigenvalue weighted by molar-refractivity contribution is 7.97. The highest BCUT2D eigenvalue weighted by atomic mass is 35.5. The summed E-state index contributed by atoms with van der Waals surface area (Å²) >= 11 is 8.09. The Balaban J connectivity index is 1.45. The maximum Gasteiger partial charge on any atom is 0.261 e. The zero-order valence-electron chi connectivity index (χ0n) is 17.9. The van der Waals surface area contributed by atoms with Gasteiger partial charge in [-0.05, 0) is 85.0 Å². The summed E-state index contributed by atoms with van der Waals surface area (Å²) in [5.74, 6) is 3.69. The molecule has 4 aliphatic carbocycles. The molecule has 164 valence electrons. The second-order valence-corrected chi connectivity index (χ2v) is 10.6. The lowest BCUT2D eigenvalue weighted by molar-refractivity contribution is -0.118. The molecule has 4 saturated carbocycles. The minimum atomic E-state index is -0.114. The summed E-state index contributed by atoms with van der Waals surface area (Å²) in [5.41, 5.74) is 2.81. The Labute approximate surface area is 194 Å². The number of hydrogen-bond acceptors (Lipinski definition) is 3. The van der Waals surface area contributed by atoms with Crippen molar-refractivity contribution in [1.29, 1.82) is 0 Å². The average Bonchev–Trinajstić information content (AvgIpc) is 2.76. The molecule has 5 heteroatoms. The third-order valence-electron chi connectivity index (χ3n) is 7.69. The first-order valence-electron chi connectivity index (χ1n) is 11.4. The minimum Gasteiger partial charge on any atom is -0.368 e. The number of benzene rings is 2. The van der Waals surface area contributed by atoms with Crippen LogP contribution in [-0.2, 0) is 11.3 Å². The van der Waals surface area contributed by atoms with Crippen molar-refractivity contribution in [3.63, 3.8) is 0 Å². The Bertz CT molecular complexity index is 906. The van der Waals surface area contributed by atoms with E-state index in [1.165, 1.54) is 49.6 Å². The van der Waals surface area contributed by atoms with E-state index in [0.29, 0.717) is 23.1 Å². The van der Waals surface area contributed by atoms with Crippen LogP contribution < -0.4 is 4.72 Å². The van der Waals surface area contributed by atoms with Crippen LogP contribution in [0.2, 0.25) is 5.02 Å². The fourth-order valence-corrected chi connectivity index (χ4v) is 7.27. The number of halogens is 1. The molecular weight excluding hydrogens is 426 g/mol. The lowest BCUT2D eigenvalue weighted by Gasteiger charge is -2.56. The average molecular weight is 456 g/mol. The predicted molar refractivity (Wildman–Crippen MR) is 127 cm³/mol. The van der Waals surface area contributed by atoms with Gasteiger partial charge in [0.15, 0.2) is 0 Å². The van der Waals surface area contributed by atoms with Gasteiger partial charge in [-0.15, -0.1) is 0 Å². The van der Waals surface area contributed by atoms with Gasteiger partial charge in [0.1, 0.15) is 0 Å². The quantitative estimate of drug-likeness (QED) is 0.473. The van der Waals surface area contributed by atoms with Crippen LogP contribution in [0.3, 0.4) is 0 Å². The van der Waals surface area contributed by atoms with Crippen LogP contribution in [0.1, 0.15) is 59.7 Å². The van der Waals surface area contributed by atoms with E-state index in [-0.39, 0.29) is 12.0 Å². The van der Waals surface area contributed by atoms with Crippen LogP contribution >= 0.6 is 23.5 Å². The van der Waals surface area contributed by atoms with E-state index in [1.807, 2.05) is 24.5 Å². The first kappa shape index (κ1) is 21.4. The van der Waals surface area contributed by atoms with Crippen LogP contribution in [0.4, 0.5) is 0 Å². The van der Waals surface area contributed by atoms with Gasteiger partial charge >= 0.3 is 0 Å². The van der Waals surface area contributed by atoms with Gasteiger partial charge in [0.25, 0.3) is 5.91 Å². The predicted octanol–water partition coefficient (Wildman–Crippen LogP) is 6.68. The third-order valence-corrected chi connectivity index (χ3v) is 8.40. The molecule has 0 radical (unpaired) electrons. The van der Waals surface area contributed by atoms with Gasteiger partial charge in [0.2, 0.25) is 0 Å². The molecule has 6 rings (SSSR count). The fraction of sp³-hybridized carbons (Fsp3) is 0.500. The highest BCUT2D eigenvalue weighted by Crippen LogP contribution is 2.60. The Morgan fingerprint density at radius 1 is 1.06 bits per heavy atom. The number of hydrogen-bond donors (Lipinski definition) is 1. The number of amides is 1. The summed E-state index contributed by atoms with van der Waals surface area (Å²) in [6.07, 6.45) is 8.62. The highest BCUT2D eigenvalue weighted by Gasteiger charge is 2.51. The minimum absolute atomic E-state index is 0.0274. The van der Waals surface area contributed by atoms with Crippen LogP contribution in [0.25, 0.3) is 0 Å². The zero-order chi connectivity index (χ0) is 21.4. The monoisotopic (exact) mass is 455 g/mol. The molecule has 1 unspecified atom stereocenters. The fourth-order valence-electron chi connectivity index (χ4n) is 6.68. The topological polar surface area (TPSA) is 38.3 Å². The van der Waals surface area contributed by atoms with Crippen molar-refractivity contribution in [2.45, 2.75) is 44.8 Å². The molecule has 31 heavy (non-hydrogen) atoms. The van der Waals surface area contributed by atoms with E-state index in [0.717, 1.165) is 29.2 Å². The lowest BCUT2D eigenvalue weighted by Crippen LogP contribution is -2.47. The number of carbonyl (C=O) groups excluding carboxylic acids is 1.